The lowest BCUT2D eigenvalue weighted by Crippen LogP contribution is -2.53. The normalized spacial score (nSPS) is 14.9. The Morgan fingerprint density at radius 2 is 1.97 bits per heavy atom. The molecule has 3 rings (SSSR count). The third-order valence-corrected chi connectivity index (χ3v) is 5.83. The van der Waals surface area contributed by atoms with Gasteiger partial charge in [-0.25, -0.2) is 4.99 Å². The molecule has 9 heteroatoms. The zero-order valence-electron chi connectivity index (χ0n) is 19.1. The second-order valence-corrected chi connectivity index (χ2v) is 8.18. The maximum atomic E-state index is 6.23. The Labute approximate surface area is 190 Å². The molecule has 0 unspecified atom stereocenters. The third kappa shape index (κ3) is 6.33. The molecule has 1 aromatic heterocycles. The number of guanidine groups is 1. The van der Waals surface area contributed by atoms with Gasteiger partial charge in [-0.15, -0.1) is 10.2 Å². The van der Waals surface area contributed by atoms with E-state index in [4.69, 9.17) is 21.3 Å². The second kappa shape index (κ2) is 11.3. The summed E-state index contributed by atoms with van der Waals surface area (Å²) in [5, 5.41) is 12.7. The maximum absolute atomic E-state index is 6.23. The van der Waals surface area contributed by atoms with Gasteiger partial charge in [0.1, 0.15) is 12.4 Å². The van der Waals surface area contributed by atoms with Crippen molar-refractivity contribution in [3.05, 3.63) is 40.4 Å². The van der Waals surface area contributed by atoms with Crippen LogP contribution in [0.15, 0.2) is 23.2 Å². The number of ether oxygens (including phenoxy) is 1. The van der Waals surface area contributed by atoms with E-state index in [0.29, 0.717) is 6.54 Å². The first-order chi connectivity index (χ1) is 15.0. The highest BCUT2D eigenvalue weighted by molar-refractivity contribution is 6.30. The first kappa shape index (κ1) is 23.3. The third-order valence-electron chi connectivity index (χ3n) is 5.60. The molecular weight excluding hydrogens is 414 g/mol. The Bertz CT molecular complexity index is 875. The molecule has 1 aliphatic heterocycles. The molecular formula is C22H34ClN7O. The standard InChI is InChI=1S/C22H34ClN7O/c1-5-31-14-6-9-24-22(25-16-21-27-26-18(3)28(21)4)30-12-10-29(11-13-30)20-15-19(23)8-7-17(20)2/h7-8,15H,5-6,9-14,16H2,1-4H3,(H,24,25). The summed E-state index contributed by atoms with van der Waals surface area (Å²) >= 11 is 6.23. The Hall–Kier alpha value is -2.32. The summed E-state index contributed by atoms with van der Waals surface area (Å²) in [7, 11) is 1.97. The number of nitrogens with zero attached hydrogens (tertiary/aromatic N) is 6. The summed E-state index contributed by atoms with van der Waals surface area (Å²) in [6, 6.07) is 6.09. The first-order valence-electron chi connectivity index (χ1n) is 11.0. The molecule has 1 N–H and O–H groups in total. The van der Waals surface area contributed by atoms with Crippen LogP contribution >= 0.6 is 11.6 Å². The largest absolute Gasteiger partial charge is 0.382 e. The minimum Gasteiger partial charge on any atom is -0.382 e. The van der Waals surface area contributed by atoms with E-state index in [-0.39, 0.29) is 0 Å². The van der Waals surface area contributed by atoms with Gasteiger partial charge in [0.15, 0.2) is 11.8 Å². The molecule has 1 aliphatic rings. The average Bonchev–Trinajstić information content (AvgIpc) is 3.10. The maximum Gasteiger partial charge on any atom is 0.194 e. The Balaban J connectivity index is 1.65. The van der Waals surface area contributed by atoms with Crippen molar-refractivity contribution in [2.75, 3.05) is 50.8 Å². The molecule has 0 radical (unpaired) electrons. The number of aromatic nitrogens is 3. The van der Waals surface area contributed by atoms with Crippen molar-refractivity contribution in [3.8, 4) is 0 Å². The topological polar surface area (TPSA) is 70.8 Å². The number of anilines is 1. The molecule has 2 aromatic rings. The summed E-state index contributed by atoms with van der Waals surface area (Å²) in [4.78, 5) is 9.59. The van der Waals surface area contributed by atoms with Crippen LogP contribution in [0.3, 0.4) is 0 Å². The zero-order valence-corrected chi connectivity index (χ0v) is 19.8. The van der Waals surface area contributed by atoms with E-state index in [0.717, 1.165) is 75.0 Å². The highest BCUT2D eigenvalue weighted by atomic mass is 35.5. The summed E-state index contributed by atoms with van der Waals surface area (Å²) in [6.07, 6.45) is 0.942. The molecule has 0 bridgehead atoms. The SMILES string of the molecule is CCOCCCNC(=NCc1nnc(C)n1C)N1CCN(c2cc(Cl)ccc2C)CC1. The van der Waals surface area contributed by atoms with Crippen molar-refractivity contribution >= 4 is 23.2 Å². The molecule has 0 saturated carbocycles. The first-order valence-corrected chi connectivity index (χ1v) is 11.3. The summed E-state index contributed by atoms with van der Waals surface area (Å²) in [5.74, 6) is 2.67. The molecule has 0 atom stereocenters. The minimum atomic E-state index is 0.499. The average molecular weight is 448 g/mol. The van der Waals surface area contributed by atoms with E-state index < -0.39 is 0 Å². The Morgan fingerprint density at radius 1 is 1.19 bits per heavy atom. The number of rotatable bonds is 8. The number of piperazine rings is 1. The molecule has 0 amide bonds. The smallest absolute Gasteiger partial charge is 0.194 e. The van der Waals surface area contributed by atoms with Gasteiger partial charge in [-0.2, -0.15) is 0 Å². The number of hydrogen-bond acceptors (Lipinski definition) is 5. The zero-order chi connectivity index (χ0) is 22.2. The van der Waals surface area contributed by atoms with Gasteiger partial charge >= 0.3 is 0 Å². The summed E-state index contributed by atoms with van der Waals surface area (Å²) in [5.41, 5.74) is 2.46. The molecule has 170 valence electrons. The lowest BCUT2D eigenvalue weighted by atomic mass is 10.1. The highest BCUT2D eigenvalue weighted by Gasteiger charge is 2.21. The van der Waals surface area contributed by atoms with Crippen molar-refractivity contribution in [1.82, 2.24) is 25.0 Å². The predicted molar refractivity (Wildman–Crippen MR) is 126 cm³/mol. The van der Waals surface area contributed by atoms with Gasteiger partial charge in [0.2, 0.25) is 0 Å². The van der Waals surface area contributed by atoms with E-state index in [1.165, 1.54) is 11.3 Å². The van der Waals surface area contributed by atoms with E-state index in [9.17, 15) is 0 Å². The van der Waals surface area contributed by atoms with Gasteiger partial charge in [-0.3, -0.25) is 0 Å². The van der Waals surface area contributed by atoms with Crippen LogP contribution in [0.2, 0.25) is 5.02 Å². The summed E-state index contributed by atoms with van der Waals surface area (Å²) < 4.78 is 7.44. The van der Waals surface area contributed by atoms with Crippen molar-refractivity contribution in [2.24, 2.45) is 12.0 Å². The van der Waals surface area contributed by atoms with Crippen LogP contribution in [0.1, 0.15) is 30.6 Å². The number of hydrogen-bond donors (Lipinski definition) is 1. The van der Waals surface area contributed by atoms with Crippen molar-refractivity contribution < 1.29 is 4.74 Å². The number of benzene rings is 1. The van der Waals surface area contributed by atoms with E-state index in [1.54, 1.807) is 0 Å². The minimum absolute atomic E-state index is 0.499. The highest BCUT2D eigenvalue weighted by Crippen LogP contribution is 2.25. The van der Waals surface area contributed by atoms with E-state index >= 15 is 0 Å². The van der Waals surface area contributed by atoms with Gasteiger partial charge in [0, 0.05) is 63.7 Å². The molecule has 1 fully saturated rings. The van der Waals surface area contributed by atoms with Crippen molar-refractivity contribution in [2.45, 2.75) is 33.7 Å². The van der Waals surface area contributed by atoms with Crippen LogP contribution in [-0.2, 0) is 18.3 Å². The molecule has 1 aromatic carbocycles. The fourth-order valence-electron chi connectivity index (χ4n) is 3.60. The number of nitrogens with one attached hydrogen (secondary N) is 1. The van der Waals surface area contributed by atoms with Crippen LogP contribution in [0.25, 0.3) is 0 Å². The van der Waals surface area contributed by atoms with Gasteiger partial charge < -0.3 is 24.4 Å². The van der Waals surface area contributed by atoms with E-state index in [1.807, 2.05) is 31.5 Å². The Kier molecular flexibility index (Phi) is 8.54. The fourth-order valence-corrected chi connectivity index (χ4v) is 3.77. The summed E-state index contributed by atoms with van der Waals surface area (Å²) in [6.45, 7) is 12.5. The molecule has 1 saturated heterocycles. The van der Waals surface area contributed by atoms with Crippen molar-refractivity contribution in [1.29, 1.82) is 0 Å². The van der Waals surface area contributed by atoms with Crippen LogP contribution in [0.5, 0.6) is 0 Å². The quantitative estimate of drug-likeness (QED) is 0.381. The van der Waals surface area contributed by atoms with Gasteiger partial charge in [-0.1, -0.05) is 17.7 Å². The van der Waals surface area contributed by atoms with Gasteiger partial charge in [0.25, 0.3) is 0 Å². The second-order valence-electron chi connectivity index (χ2n) is 7.74. The molecule has 31 heavy (non-hydrogen) atoms. The van der Waals surface area contributed by atoms with Gasteiger partial charge in [-0.05, 0) is 44.9 Å². The molecule has 0 aliphatic carbocycles. The van der Waals surface area contributed by atoms with Crippen LogP contribution in [0, 0.1) is 13.8 Å². The Morgan fingerprint density at radius 3 is 2.65 bits per heavy atom. The molecule has 2 heterocycles. The molecule has 0 spiro atoms. The van der Waals surface area contributed by atoms with Gasteiger partial charge in [0.05, 0.1) is 0 Å². The monoisotopic (exact) mass is 447 g/mol. The van der Waals surface area contributed by atoms with Crippen LogP contribution in [-0.4, -0.2) is 71.6 Å². The van der Waals surface area contributed by atoms with Crippen molar-refractivity contribution in [3.63, 3.8) is 0 Å². The number of halogens is 1. The molecule has 8 nitrogen and oxygen atoms in total. The predicted octanol–water partition coefficient (Wildman–Crippen LogP) is 2.78. The number of aryl methyl sites for hydroxylation is 2. The van der Waals surface area contributed by atoms with E-state index in [2.05, 4.69) is 44.4 Å². The van der Waals surface area contributed by atoms with Crippen LogP contribution < -0.4 is 10.2 Å². The fraction of sp³-hybridized carbons (Fsp3) is 0.591. The number of aliphatic imine (C=N–C) groups is 1. The van der Waals surface area contributed by atoms with Crippen LogP contribution in [0.4, 0.5) is 5.69 Å². The lowest BCUT2D eigenvalue weighted by Gasteiger charge is -2.38. The lowest BCUT2D eigenvalue weighted by molar-refractivity contribution is 0.145.